The van der Waals surface area contributed by atoms with Gasteiger partial charge in [-0.25, -0.2) is 8.42 Å². The zero-order valence-corrected chi connectivity index (χ0v) is 9.14. The Hall–Kier alpha value is -1.51. The maximum Gasteiger partial charge on any atom is 0.269 e. The van der Waals surface area contributed by atoms with Crippen LogP contribution < -0.4 is 4.72 Å². The van der Waals surface area contributed by atoms with Gasteiger partial charge in [-0.15, -0.1) is 0 Å². The monoisotopic (exact) mass is 246 g/mol. The molecule has 0 aliphatic heterocycles. The van der Waals surface area contributed by atoms with Gasteiger partial charge in [-0.2, -0.15) is 4.72 Å². The molecule has 0 aliphatic carbocycles. The molecule has 0 fully saturated rings. The van der Waals surface area contributed by atoms with Gasteiger partial charge in [-0.1, -0.05) is 0 Å². The lowest BCUT2D eigenvalue weighted by molar-refractivity contribution is -0.384. The molecule has 1 rings (SSSR count). The van der Waals surface area contributed by atoms with Gasteiger partial charge < -0.3 is 5.11 Å². The van der Waals surface area contributed by atoms with Crippen molar-refractivity contribution < 1.29 is 18.4 Å². The van der Waals surface area contributed by atoms with Gasteiger partial charge >= 0.3 is 0 Å². The Morgan fingerprint density at radius 2 is 1.88 bits per heavy atom. The lowest BCUT2D eigenvalue weighted by atomic mass is 10.3. The molecule has 0 saturated heterocycles. The fraction of sp³-hybridized carbons (Fsp3) is 0.250. The predicted octanol–water partition coefficient (Wildman–Crippen LogP) is 0.211. The zero-order chi connectivity index (χ0) is 12.3. The molecule has 16 heavy (non-hydrogen) atoms. The first-order valence-corrected chi connectivity index (χ1v) is 5.76. The molecule has 1 aromatic carbocycles. The number of rotatable bonds is 4. The second-order valence-corrected chi connectivity index (χ2v) is 4.76. The van der Waals surface area contributed by atoms with Gasteiger partial charge in [0, 0.05) is 12.1 Å². The number of aliphatic hydroxyl groups is 1. The minimum absolute atomic E-state index is 0.140. The van der Waals surface area contributed by atoms with E-state index in [1.807, 2.05) is 4.72 Å². The average molecular weight is 246 g/mol. The highest BCUT2D eigenvalue weighted by Gasteiger charge is 2.17. The summed E-state index contributed by atoms with van der Waals surface area (Å²) in [6, 6.07) is 4.36. The molecule has 0 spiro atoms. The van der Waals surface area contributed by atoms with Gasteiger partial charge in [-0.05, 0) is 19.1 Å². The van der Waals surface area contributed by atoms with E-state index >= 15 is 0 Å². The summed E-state index contributed by atoms with van der Waals surface area (Å²) in [4.78, 5) is 9.57. The number of non-ortho nitro benzene ring substituents is 1. The smallest absolute Gasteiger partial charge is 0.269 e. The van der Waals surface area contributed by atoms with E-state index < -0.39 is 21.2 Å². The molecule has 8 heteroatoms. The van der Waals surface area contributed by atoms with Crippen molar-refractivity contribution in [2.75, 3.05) is 0 Å². The molecule has 0 aliphatic rings. The quantitative estimate of drug-likeness (QED) is 0.448. The third kappa shape index (κ3) is 2.99. The van der Waals surface area contributed by atoms with Crippen molar-refractivity contribution in [3.8, 4) is 0 Å². The summed E-state index contributed by atoms with van der Waals surface area (Å²) in [6.45, 7) is 1.25. The topological polar surface area (TPSA) is 110 Å². The highest BCUT2D eigenvalue weighted by molar-refractivity contribution is 7.89. The van der Waals surface area contributed by atoms with E-state index in [4.69, 9.17) is 5.11 Å². The summed E-state index contributed by atoms with van der Waals surface area (Å²) in [7, 11) is -3.82. The van der Waals surface area contributed by atoms with Crippen LogP contribution in [0.15, 0.2) is 29.2 Å². The standard InChI is InChI=1S/C8H10N2O5S/c1-6(11)9-16(14,15)8-4-2-7(3-5-8)10(12)13/h2-6,9,11H,1H3. The van der Waals surface area contributed by atoms with Crippen LogP contribution in [-0.2, 0) is 10.0 Å². The van der Waals surface area contributed by atoms with Crippen LogP contribution in [0.3, 0.4) is 0 Å². The number of benzene rings is 1. The lowest BCUT2D eigenvalue weighted by Crippen LogP contribution is -2.32. The van der Waals surface area contributed by atoms with Crippen LogP contribution in [0.25, 0.3) is 0 Å². The molecular formula is C8H10N2O5S. The number of nitro groups is 1. The largest absolute Gasteiger partial charge is 0.378 e. The third-order valence-electron chi connectivity index (χ3n) is 1.68. The van der Waals surface area contributed by atoms with Crippen LogP contribution in [0.5, 0.6) is 0 Å². The highest BCUT2D eigenvalue weighted by atomic mass is 32.2. The fourth-order valence-corrected chi connectivity index (χ4v) is 2.12. The summed E-state index contributed by atoms with van der Waals surface area (Å²) in [5, 5.41) is 19.2. The molecule has 0 radical (unpaired) electrons. The zero-order valence-electron chi connectivity index (χ0n) is 8.32. The van der Waals surface area contributed by atoms with Crippen molar-refractivity contribution >= 4 is 15.7 Å². The Balaban J connectivity index is 3.02. The Kier molecular flexibility index (Phi) is 3.58. The van der Waals surface area contributed by atoms with Gasteiger partial charge in [0.2, 0.25) is 10.0 Å². The van der Waals surface area contributed by atoms with E-state index in [9.17, 15) is 18.5 Å². The number of sulfonamides is 1. The summed E-state index contributed by atoms with van der Waals surface area (Å²) >= 11 is 0. The molecule has 1 atom stereocenters. The molecule has 7 nitrogen and oxygen atoms in total. The van der Waals surface area contributed by atoms with Gasteiger partial charge in [0.15, 0.2) is 0 Å². The number of nitro benzene ring substituents is 1. The number of nitrogens with one attached hydrogen (secondary N) is 1. The molecule has 0 saturated carbocycles. The first-order valence-electron chi connectivity index (χ1n) is 4.28. The number of hydrogen-bond acceptors (Lipinski definition) is 5. The molecule has 88 valence electrons. The molecule has 1 aromatic rings. The summed E-state index contributed by atoms with van der Waals surface area (Å²) < 4.78 is 24.9. The van der Waals surface area contributed by atoms with E-state index in [-0.39, 0.29) is 10.6 Å². The first kappa shape index (κ1) is 12.6. The van der Waals surface area contributed by atoms with Crippen molar-refractivity contribution in [3.63, 3.8) is 0 Å². The first-order chi connectivity index (χ1) is 7.33. The number of aliphatic hydroxyl groups excluding tert-OH is 1. The van der Waals surface area contributed by atoms with Crippen molar-refractivity contribution in [2.24, 2.45) is 0 Å². The van der Waals surface area contributed by atoms with Gasteiger partial charge in [-0.3, -0.25) is 10.1 Å². The van der Waals surface area contributed by atoms with Crippen LogP contribution in [0.2, 0.25) is 0 Å². The normalized spacial score (nSPS) is 13.4. The van der Waals surface area contributed by atoms with Crippen molar-refractivity contribution in [1.29, 1.82) is 0 Å². The third-order valence-corrected chi connectivity index (χ3v) is 3.23. The van der Waals surface area contributed by atoms with Gasteiger partial charge in [0.05, 0.1) is 9.82 Å². The van der Waals surface area contributed by atoms with E-state index in [0.717, 1.165) is 24.3 Å². The van der Waals surface area contributed by atoms with Gasteiger partial charge in [0.1, 0.15) is 6.23 Å². The molecule has 0 amide bonds. The van der Waals surface area contributed by atoms with Crippen molar-refractivity contribution in [2.45, 2.75) is 18.0 Å². The van der Waals surface area contributed by atoms with Crippen LogP contribution in [0.1, 0.15) is 6.92 Å². The van der Waals surface area contributed by atoms with E-state index in [2.05, 4.69) is 0 Å². The SMILES string of the molecule is CC(O)NS(=O)(=O)c1ccc([N+](=O)[O-])cc1. The highest BCUT2D eigenvalue weighted by Crippen LogP contribution is 2.15. The maximum absolute atomic E-state index is 11.5. The number of hydrogen-bond donors (Lipinski definition) is 2. The Morgan fingerprint density at radius 3 is 2.25 bits per heavy atom. The van der Waals surface area contributed by atoms with Gasteiger partial charge in [0.25, 0.3) is 5.69 Å². The molecule has 0 aromatic heterocycles. The molecule has 0 heterocycles. The second kappa shape index (κ2) is 4.56. The van der Waals surface area contributed by atoms with Crippen LogP contribution >= 0.6 is 0 Å². The van der Waals surface area contributed by atoms with Crippen LogP contribution in [0, 0.1) is 10.1 Å². The van der Waals surface area contributed by atoms with Crippen LogP contribution in [-0.4, -0.2) is 24.7 Å². The summed E-state index contributed by atoms with van der Waals surface area (Å²) in [5.41, 5.74) is -0.198. The Morgan fingerprint density at radius 1 is 1.38 bits per heavy atom. The minimum Gasteiger partial charge on any atom is -0.378 e. The Bertz CT molecular complexity index is 480. The Labute approximate surface area is 91.9 Å². The molecule has 0 bridgehead atoms. The minimum atomic E-state index is -3.82. The van der Waals surface area contributed by atoms with E-state index in [1.165, 1.54) is 6.92 Å². The van der Waals surface area contributed by atoms with E-state index in [0.29, 0.717) is 0 Å². The fourth-order valence-electron chi connectivity index (χ4n) is 1.04. The second-order valence-electron chi connectivity index (χ2n) is 3.05. The molecular weight excluding hydrogens is 236 g/mol. The molecule has 1 unspecified atom stereocenters. The van der Waals surface area contributed by atoms with Crippen molar-refractivity contribution in [1.82, 2.24) is 4.72 Å². The van der Waals surface area contributed by atoms with E-state index in [1.54, 1.807) is 0 Å². The van der Waals surface area contributed by atoms with Crippen LogP contribution in [0.4, 0.5) is 5.69 Å². The molecule has 2 N–H and O–H groups in total. The summed E-state index contributed by atoms with van der Waals surface area (Å²) in [5.74, 6) is 0. The predicted molar refractivity (Wildman–Crippen MR) is 55.1 cm³/mol. The lowest BCUT2D eigenvalue weighted by Gasteiger charge is -2.08. The average Bonchev–Trinajstić information content (AvgIpc) is 2.16. The summed E-state index contributed by atoms with van der Waals surface area (Å²) in [6.07, 6.45) is -1.22. The van der Waals surface area contributed by atoms with Crippen molar-refractivity contribution in [3.05, 3.63) is 34.4 Å². The maximum atomic E-state index is 11.5. The number of nitrogens with zero attached hydrogens (tertiary/aromatic N) is 1.